The van der Waals surface area contributed by atoms with Crippen LogP contribution in [0.4, 0.5) is 0 Å². The summed E-state index contributed by atoms with van der Waals surface area (Å²) in [7, 11) is 0. The average molecular weight is 382 g/mol. The molecule has 3 fully saturated rings. The molecule has 28 heavy (non-hydrogen) atoms. The zero-order chi connectivity index (χ0) is 19.5. The molecule has 0 amide bonds. The van der Waals surface area contributed by atoms with Gasteiger partial charge in [0, 0.05) is 5.41 Å². The summed E-state index contributed by atoms with van der Waals surface area (Å²) in [6, 6.07) is 18.0. The number of hydrogen-bond acceptors (Lipinski definition) is 4. The van der Waals surface area contributed by atoms with Gasteiger partial charge in [0.05, 0.1) is 31.8 Å². The van der Waals surface area contributed by atoms with Crippen molar-refractivity contribution in [3.63, 3.8) is 0 Å². The summed E-state index contributed by atoms with van der Waals surface area (Å²) in [5.74, 6) is 0.821. The van der Waals surface area contributed by atoms with Gasteiger partial charge in [0.25, 0.3) is 0 Å². The van der Waals surface area contributed by atoms with Gasteiger partial charge in [0.2, 0.25) is 0 Å². The molecule has 0 atom stereocenters. The van der Waals surface area contributed by atoms with Crippen molar-refractivity contribution in [3.05, 3.63) is 60.2 Å². The van der Waals surface area contributed by atoms with Crippen LogP contribution in [0.3, 0.4) is 0 Å². The summed E-state index contributed by atoms with van der Waals surface area (Å²) in [6.45, 7) is 1.50. The smallest absolute Gasteiger partial charge is 0.305 e. The molecular weight excluding hydrogens is 356 g/mol. The highest BCUT2D eigenvalue weighted by molar-refractivity contribution is 5.66. The molecular formula is C23H26O5. The third kappa shape index (κ3) is 4.05. The molecule has 5 nitrogen and oxygen atoms in total. The summed E-state index contributed by atoms with van der Waals surface area (Å²) in [5, 5.41) is 8.74. The standard InChI is InChI=1S/C23H26O5/c24-21(25)9-14-26-16-22-10-12-23(13-11-22,27-17-22)18-5-4-8-20(15-18)28-19-6-2-1-3-7-19/h1-8,15H,9-14,16-17H2,(H,24,25). The molecule has 2 aromatic carbocycles. The number of aliphatic carboxylic acids is 1. The van der Waals surface area contributed by atoms with Gasteiger partial charge in [-0.1, -0.05) is 30.3 Å². The fourth-order valence-corrected chi connectivity index (χ4v) is 4.24. The Balaban J connectivity index is 1.40. The van der Waals surface area contributed by atoms with Gasteiger partial charge in [-0.2, -0.15) is 0 Å². The Kier molecular flexibility index (Phi) is 5.38. The molecule has 1 aliphatic carbocycles. The molecule has 5 heteroatoms. The van der Waals surface area contributed by atoms with Crippen molar-refractivity contribution in [2.24, 2.45) is 5.41 Å². The first-order valence-corrected chi connectivity index (χ1v) is 9.86. The van der Waals surface area contributed by atoms with Gasteiger partial charge in [0.1, 0.15) is 11.5 Å². The zero-order valence-electron chi connectivity index (χ0n) is 15.9. The van der Waals surface area contributed by atoms with Gasteiger partial charge < -0.3 is 19.3 Å². The third-order valence-corrected chi connectivity index (χ3v) is 5.98. The molecule has 1 N–H and O–H groups in total. The van der Waals surface area contributed by atoms with Crippen molar-refractivity contribution in [1.29, 1.82) is 0 Å². The summed E-state index contributed by atoms with van der Waals surface area (Å²) in [5.41, 5.74) is 0.943. The van der Waals surface area contributed by atoms with Crippen molar-refractivity contribution in [3.8, 4) is 11.5 Å². The highest BCUT2D eigenvalue weighted by Gasteiger charge is 2.50. The molecule has 1 saturated carbocycles. The van der Waals surface area contributed by atoms with Crippen LogP contribution in [0.25, 0.3) is 0 Å². The first-order valence-electron chi connectivity index (χ1n) is 9.86. The van der Waals surface area contributed by atoms with Gasteiger partial charge in [-0.05, 0) is 55.5 Å². The van der Waals surface area contributed by atoms with Crippen molar-refractivity contribution >= 4 is 5.97 Å². The minimum Gasteiger partial charge on any atom is -0.481 e. The van der Waals surface area contributed by atoms with E-state index < -0.39 is 5.97 Å². The molecule has 5 rings (SSSR count). The normalized spacial score (nSPS) is 26.1. The Morgan fingerprint density at radius 2 is 1.75 bits per heavy atom. The SMILES string of the molecule is O=C(O)CCOCC12CCC(c3cccc(Oc4ccccc4)c3)(CC1)OC2. The summed E-state index contributed by atoms with van der Waals surface area (Å²) >= 11 is 0. The van der Waals surface area contributed by atoms with E-state index in [1.54, 1.807) is 0 Å². The zero-order valence-corrected chi connectivity index (χ0v) is 15.9. The number of carboxylic acids is 1. The maximum Gasteiger partial charge on any atom is 0.305 e. The van der Waals surface area contributed by atoms with Crippen molar-refractivity contribution < 1.29 is 24.1 Å². The van der Waals surface area contributed by atoms with Crippen LogP contribution >= 0.6 is 0 Å². The van der Waals surface area contributed by atoms with Crippen LogP contribution in [0.2, 0.25) is 0 Å². The van der Waals surface area contributed by atoms with E-state index in [0.717, 1.165) is 37.2 Å². The number of para-hydroxylation sites is 1. The van der Waals surface area contributed by atoms with Crippen molar-refractivity contribution in [2.45, 2.75) is 37.7 Å². The first kappa shape index (κ1) is 19.0. The highest BCUT2D eigenvalue weighted by Crippen LogP contribution is 2.54. The highest BCUT2D eigenvalue weighted by atomic mass is 16.5. The van der Waals surface area contributed by atoms with Gasteiger partial charge >= 0.3 is 5.97 Å². The van der Waals surface area contributed by atoms with E-state index in [1.807, 2.05) is 42.5 Å². The summed E-state index contributed by atoms with van der Waals surface area (Å²) < 4.78 is 18.0. The van der Waals surface area contributed by atoms with E-state index in [2.05, 4.69) is 12.1 Å². The third-order valence-electron chi connectivity index (χ3n) is 5.98. The second-order valence-electron chi connectivity index (χ2n) is 7.92. The maximum atomic E-state index is 10.6. The average Bonchev–Trinajstić information content (AvgIpc) is 2.74. The largest absolute Gasteiger partial charge is 0.481 e. The van der Waals surface area contributed by atoms with Crippen LogP contribution in [-0.4, -0.2) is 30.9 Å². The molecule has 2 saturated heterocycles. The second-order valence-corrected chi connectivity index (χ2v) is 7.92. The van der Waals surface area contributed by atoms with E-state index in [1.165, 1.54) is 5.56 Å². The summed E-state index contributed by atoms with van der Waals surface area (Å²) in [6.07, 6.45) is 4.01. The van der Waals surface area contributed by atoms with Gasteiger partial charge in [-0.3, -0.25) is 4.79 Å². The number of hydrogen-bond donors (Lipinski definition) is 1. The van der Waals surface area contributed by atoms with E-state index in [-0.39, 0.29) is 24.0 Å². The quantitative estimate of drug-likeness (QED) is 0.667. The van der Waals surface area contributed by atoms with E-state index in [9.17, 15) is 4.79 Å². The molecule has 3 aliphatic rings. The number of benzene rings is 2. The van der Waals surface area contributed by atoms with E-state index >= 15 is 0 Å². The topological polar surface area (TPSA) is 65.0 Å². The number of fused-ring (bicyclic) bond motifs is 3. The fourth-order valence-electron chi connectivity index (χ4n) is 4.24. The van der Waals surface area contributed by atoms with Crippen LogP contribution in [0, 0.1) is 5.41 Å². The second kappa shape index (κ2) is 7.94. The fraction of sp³-hybridized carbons (Fsp3) is 0.435. The predicted molar refractivity (Wildman–Crippen MR) is 105 cm³/mol. The molecule has 2 heterocycles. The Bertz CT molecular complexity index is 792. The molecule has 0 spiro atoms. The number of ether oxygens (including phenoxy) is 3. The number of carboxylic acid groups (broad SMARTS) is 1. The van der Waals surface area contributed by atoms with Crippen molar-refractivity contribution in [2.75, 3.05) is 19.8 Å². The van der Waals surface area contributed by atoms with Gasteiger partial charge in [0.15, 0.2) is 0 Å². The first-order chi connectivity index (χ1) is 13.6. The Morgan fingerprint density at radius 3 is 2.43 bits per heavy atom. The Hall–Kier alpha value is -2.37. The lowest BCUT2D eigenvalue weighted by molar-refractivity contribution is -0.204. The summed E-state index contributed by atoms with van der Waals surface area (Å²) in [4.78, 5) is 10.6. The molecule has 0 aromatic heterocycles. The number of carbonyl (C=O) groups is 1. The van der Waals surface area contributed by atoms with Crippen LogP contribution in [0.15, 0.2) is 54.6 Å². The lowest BCUT2D eigenvalue weighted by Gasteiger charge is -2.53. The Labute approximate surface area is 165 Å². The van der Waals surface area contributed by atoms with E-state index in [4.69, 9.17) is 19.3 Å². The minimum absolute atomic E-state index is 0.0262. The molecule has 2 bridgehead atoms. The Morgan fingerprint density at radius 1 is 1.00 bits per heavy atom. The van der Waals surface area contributed by atoms with E-state index in [0.29, 0.717) is 13.2 Å². The monoisotopic (exact) mass is 382 g/mol. The van der Waals surface area contributed by atoms with Crippen LogP contribution < -0.4 is 4.74 Å². The minimum atomic E-state index is -0.822. The van der Waals surface area contributed by atoms with Crippen LogP contribution in [0.5, 0.6) is 11.5 Å². The van der Waals surface area contributed by atoms with Crippen LogP contribution in [-0.2, 0) is 19.9 Å². The maximum absolute atomic E-state index is 10.6. The van der Waals surface area contributed by atoms with Crippen LogP contribution in [0.1, 0.15) is 37.7 Å². The molecule has 0 radical (unpaired) electrons. The van der Waals surface area contributed by atoms with Gasteiger partial charge in [-0.25, -0.2) is 0 Å². The molecule has 2 aliphatic heterocycles. The molecule has 0 unspecified atom stereocenters. The predicted octanol–water partition coefficient (Wildman–Crippen LogP) is 4.76. The van der Waals surface area contributed by atoms with Crippen molar-refractivity contribution in [1.82, 2.24) is 0 Å². The lowest BCUT2D eigenvalue weighted by Crippen LogP contribution is -2.51. The van der Waals surface area contributed by atoms with Gasteiger partial charge in [-0.15, -0.1) is 0 Å². The molecule has 2 aromatic rings. The lowest BCUT2D eigenvalue weighted by atomic mass is 9.64. The molecule has 148 valence electrons. The number of rotatable bonds is 8.